The smallest absolute Gasteiger partial charge is 0.158 e. The van der Waals surface area contributed by atoms with Gasteiger partial charge in [-0.3, -0.25) is 4.68 Å². The van der Waals surface area contributed by atoms with Gasteiger partial charge in [-0.1, -0.05) is 23.7 Å². The van der Waals surface area contributed by atoms with Crippen LogP contribution in [0.1, 0.15) is 18.5 Å². The SMILES string of the molecule is CC(N)c1cccc2c(Cl)nn(C)c12. The van der Waals surface area contributed by atoms with Crippen LogP contribution in [0.5, 0.6) is 0 Å². The molecule has 4 heteroatoms. The van der Waals surface area contributed by atoms with E-state index in [4.69, 9.17) is 17.3 Å². The van der Waals surface area contributed by atoms with Crippen LogP contribution >= 0.6 is 11.6 Å². The molecule has 0 bridgehead atoms. The summed E-state index contributed by atoms with van der Waals surface area (Å²) in [5.74, 6) is 0. The van der Waals surface area contributed by atoms with Crippen LogP contribution in [0.25, 0.3) is 10.9 Å². The zero-order valence-corrected chi connectivity index (χ0v) is 8.92. The molecule has 1 heterocycles. The van der Waals surface area contributed by atoms with E-state index in [1.54, 1.807) is 4.68 Å². The fraction of sp³-hybridized carbons (Fsp3) is 0.300. The van der Waals surface area contributed by atoms with Gasteiger partial charge in [0.2, 0.25) is 0 Å². The number of aryl methyl sites for hydroxylation is 1. The van der Waals surface area contributed by atoms with Crippen molar-refractivity contribution in [2.45, 2.75) is 13.0 Å². The molecule has 0 spiro atoms. The molecule has 0 aliphatic carbocycles. The van der Waals surface area contributed by atoms with Gasteiger partial charge in [-0.2, -0.15) is 5.10 Å². The third kappa shape index (κ3) is 1.29. The Bertz CT molecular complexity index is 473. The van der Waals surface area contributed by atoms with Gasteiger partial charge in [-0.25, -0.2) is 0 Å². The molecule has 2 rings (SSSR count). The summed E-state index contributed by atoms with van der Waals surface area (Å²) in [5.41, 5.74) is 7.97. The van der Waals surface area contributed by atoms with Crippen LogP contribution in [0.4, 0.5) is 0 Å². The van der Waals surface area contributed by atoms with Gasteiger partial charge >= 0.3 is 0 Å². The van der Waals surface area contributed by atoms with Crippen LogP contribution in [0.3, 0.4) is 0 Å². The highest BCUT2D eigenvalue weighted by atomic mass is 35.5. The zero-order valence-electron chi connectivity index (χ0n) is 8.16. The predicted octanol–water partition coefficient (Wildman–Crippen LogP) is 2.25. The average molecular weight is 210 g/mol. The van der Waals surface area contributed by atoms with Crippen molar-refractivity contribution in [1.82, 2.24) is 9.78 Å². The van der Waals surface area contributed by atoms with Gasteiger partial charge in [0.1, 0.15) is 0 Å². The normalized spacial score (nSPS) is 13.4. The number of nitrogens with zero attached hydrogens (tertiary/aromatic N) is 2. The van der Waals surface area contributed by atoms with E-state index in [9.17, 15) is 0 Å². The second-order valence-corrected chi connectivity index (χ2v) is 3.80. The molecule has 0 saturated heterocycles. The van der Waals surface area contributed by atoms with Gasteiger partial charge in [0, 0.05) is 18.5 Å². The van der Waals surface area contributed by atoms with Crippen molar-refractivity contribution in [3.05, 3.63) is 28.9 Å². The number of halogens is 1. The lowest BCUT2D eigenvalue weighted by molar-refractivity contribution is 0.769. The van der Waals surface area contributed by atoms with Crippen molar-refractivity contribution in [3.63, 3.8) is 0 Å². The molecule has 1 aromatic carbocycles. The van der Waals surface area contributed by atoms with Crippen LogP contribution in [-0.4, -0.2) is 9.78 Å². The summed E-state index contributed by atoms with van der Waals surface area (Å²) in [5, 5.41) is 5.65. The number of para-hydroxylation sites is 1. The van der Waals surface area contributed by atoms with E-state index in [1.165, 1.54) is 0 Å². The second kappa shape index (κ2) is 3.26. The molecule has 1 aromatic heterocycles. The zero-order chi connectivity index (χ0) is 10.3. The summed E-state index contributed by atoms with van der Waals surface area (Å²) in [6, 6.07) is 5.90. The third-order valence-corrected chi connectivity index (χ3v) is 2.62. The van der Waals surface area contributed by atoms with Crippen LogP contribution < -0.4 is 5.73 Å². The van der Waals surface area contributed by atoms with Crippen molar-refractivity contribution in [2.75, 3.05) is 0 Å². The Balaban J connectivity index is 2.85. The van der Waals surface area contributed by atoms with Crippen LogP contribution in [0.15, 0.2) is 18.2 Å². The molecule has 74 valence electrons. The summed E-state index contributed by atoms with van der Waals surface area (Å²) in [6.45, 7) is 1.95. The highest BCUT2D eigenvalue weighted by Gasteiger charge is 2.12. The number of hydrogen-bond donors (Lipinski definition) is 1. The lowest BCUT2D eigenvalue weighted by Crippen LogP contribution is -2.07. The Morgan fingerprint density at radius 3 is 2.86 bits per heavy atom. The number of fused-ring (bicyclic) bond motifs is 1. The van der Waals surface area contributed by atoms with E-state index < -0.39 is 0 Å². The van der Waals surface area contributed by atoms with Crippen LogP contribution in [0.2, 0.25) is 5.15 Å². The Labute approximate surface area is 87.5 Å². The average Bonchev–Trinajstić information content (AvgIpc) is 2.43. The van der Waals surface area contributed by atoms with Crippen molar-refractivity contribution >= 4 is 22.5 Å². The Morgan fingerprint density at radius 1 is 1.50 bits per heavy atom. The first-order valence-corrected chi connectivity index (χ1v) is 4.85. The van der Waals surface area contributed by atoms with E-state index in [0.717, 1.165) is 16.5 Å². The maximum absolute atomic E-state index is 5.98. The lowest BCUT2D eigenvalue weighted by atomic mass is 10.1. The lowest BCUT2D eigenvalue weighted by Gasteiger charge is -2.07. The summed E-state index contributed by atoms with van der Waals surface area (Å²) in [4.78, 5) is 0. The molecule has 0 amide bonds. The standard InChI is InChI=1S/C10H12ClN3/c1-6(12)7-4-3-5-8-9(7)14(2)13-10(8)11/h3-6H,12H2,1-2H3. The fourth-order valence-corrected chi connectivity index (χ4v) is 1.96. The Morgan fingerprint density at radius 2 is 2.21 bits per heavy atom. The predicted molar refractivity (Wildman–Crippen MR) is 58.3 cm³/mol. The van der Waals surface area contributed by atoms with Crippen molar-refractivity contribution in [3.8, 4) is 0 Å². The van der Waals surface area contributed by atoms with Gasteiger partial charge in [0.15, 0.2) is 5.15 Å². The molecule has 14 heavy (non-hydrogen) atoms. The minimum absolute atomic E-state index is 0.00910. The maximum Gasteiger partial charge on any atom is 0.158 e. The number of nitrogens with two attached hydrogens (primary N) is 1. The Kier molecular flexibility index (Phi) is 2.21. The van der Waals surface area contributed by atoms with Crippen molar-refractivity contribution < 1.29 is 0 Å². The van der Waals surface area contributed by atoms with Crippen molar-refractivity contribution in [2.24, 2.45) is 12.8 Å². The van der Waals surface area contributed by atoms with Crippen LogP contribution in [0, 0.1) is 0 Å². The molecule has 1 unspecified atom stereocenters. The van der Waals surface area contributed by atoms with Crippen LogP contribution in [-0.2, 0) is 7.05 Å². The summed E-state index contributed by atoms with van der Waals surface area (Å²) in [6.07, 6.45) is 0. The van der Waals surface area contributed by atoms with Gasteiger partial charge in [-0.05, 0) is 18.6 Å². The van der Waals surface area contributed by atoms with Gasteiger partial charge < -0.3 is 5.73 Å². The van der Waals surface area contributed by atoms with E-state index in [2.05, 4.69) is 5.10 Å². The fourth-order valence-electron chi connectivity index (χ4n) is 1.69. The Hall–Kier alpha value is -1.06. The first-order chi connectivity index (χ1) is 6.61. The second-order valence-electron chi connectivity index (χ2n) is 3.45. The van der Waals surface area contributed by atoms with Crippen molar-refractivity contribution in [1.29, 1.82) is 0 Å². The molecule has 0 saturated carbocycles. The minimum Gasteiger partial charge on any atom is -0.324 e. The largest absolute Gasteiger partial charge is 0.324 e. The van der Waals surface area contributed by atoms with E-state index in [0.29, 0.717) is 5.15 Å². The molecular weight excluding hydrogens is 198 g/mol. The molecule has 2 N–H and O–H groups in total. The highest BCUT2D eigenvalue weighted by Crippen LogP contribution is 2.27. The quantitative estimate of drug-likeness (QED) is 0.783. The summed E-state index contributed by atoms with van der Waals surface area (Å²) in [7, 11) is 1.88. The molecule has 0 aliphatic heterocycles. The van der Waals surface area contributed by atoms with E-state index in [1.807, 2.05) is 32.2 Å². The van der Waals surface area contributed by atoms with E-state index in [-0.39, 0.29) is 6.04 Å². The van der Waals surface area contributed by atoms with E-state index >= 15 is 0 Å². The first kappa shape index (κ1) is 9.49. The minimum atomic E-state index is -0.00910. The summed E-state index contributed by atoms with van der Waals surface area (Å²) < 4.78 is 1.77. The molecule has 1 atom stereocenters. The highest BCUT2D eigenvalue weighted by molar-refractivity contribution is 6.34. The third-order valence-electron chi connectivity index (χ3n) is 2.34. The maximum atomic E-state index is 5.98. The monoisotopic (exact) mass is 209 g/mol. The number of rotatable bonds is 1. The first-order valence-electron chi connectivity index (χ1n) is 4.48. The topological polar surface area (TPSA) is 43.8 Å². The number of hydrogen-bond acceptors (Lipinski definition) is 2. The molecule has 0 fully saturated rings. The summed E-state index contributed by atoms with van der Waals surface area (Å²) >= 11 is 5.98. The number of benzene rings is 1. The van der Waals surface area contributed by atoms with Gasteiger partial charge in [0.05, 0.1) is 5.52 Å². The molecular formula is C10H12ClN3. The molecule has 3 nitrogen and oxygen atoms in total. The molecule has 0 aliphatic rings. The van der Waals surface area contributed by atoms with Gasteiger partial charge in [-0.15, -0.1) is 0 Å². The molecule has 0 radical (unpaired) electrons. The molecule has 2 aromatic rings. The number of aromatic nitrogens is 2. The van der Waals surface area contributed by atoms with Gasteiger partial charge in [0.25, 0.3) is 0 Å².